The van der Waals surface area contributed by atoms with Crippen molar-refractivity contribution in [3.05, 3.63) is 59.7 Å². The molecule has 1 heterocycles. The average Bonchev–Trinajstić information content (AvgIpc) is 2.58. The van der Waals surface area contributed by atoms with E-state index in [2.05, 4.69) is 52.7 Å². The molecule has 0 saturated carbocycles. The molecule has 3 rings (SSSR count). The minimum atomic E-state index is 0.809. The zero-order chi connectivity index (χ0) is 15.2. The molecule has 0 bridgehead atoms. The fourth-order valence-corrected chi connectivity index (χ4v) is 2.47. The second-order valence-electron chi connectivity index (χ2n) is 5.38. The Morgan fingerprint density at radius 1 is 1.05 bits per heavy atom. The summed E-state index contributed by atoms with van der Waals surface area (Å²) in [6.45, 7) is 5.60. The molecule has 4 nitrogen and oxygen atoms in total. The van der Waals surface area contributed by atoms with Gasteiger partial charge in [0.05, 0.1) is 25.1 Å². The summed E-state index contributed by atoms with van der Waals surface area (Å²) in [5, 5.41) is 4.31. The molecular formula is C18H21N3O. The molecule has 114 valence electrons. The Labute approximate surface area is 131 Å². The maximum Gasteiger partial charge on any atom is 0.0642 e. The number of benzene rings is 2. The topological polar surface area (TPSA) is 36.9 Å². The van der Waals surface area contributed by atoms with Crippen LogP contribution in [-0.2, 0) is 4.74 Å². The van der Waals surface area contributed by atoms with Crippen LogP contribution in [0.15, 0.2) is 53.6 Å². The summed E-state index contributed by atoms with van der Waals surface area (Å²) in [6.07, 6.45) is 1.84. The van der Waals surface area contributed by atoms with Crippen LogP contribution in [0.1, 0.15) is 11.1 Å². The van der Waals surface area contributed by atoms with Gasteiger partial charge in [0, 0.05) is 18.8 Å². The Morgan fingerprint density at radius 2 is 1.77 bits per heavy atom. The number of ether oxygens (including phenoxy) is 1. The number of hydrogen-bond donors (Lipinski definition) is 1. The highest BCUT2D eigenvalue weighted by Crippen LogP contribution is 2.16. The lowest BCUT2D eigenvalue weighted by atomic mass is 10.2. The van der Waals surface area contributed by atoms with Gasteiger partial charge in [0.2, 0.25) is 0 Å². The largest absolute Gasteiger partial charge is 0.378 e. The summed E-state index contributed by atoms with van der Waals surface area (Å²) in [5.41, 5.74) is 7.62. The fourth-order valence-electron chi connectivity index (χ4n) is 2.47. The first-order chi connectivity index (χ1) is 10.8. The van der Waals surface area contributed by atoms with E-state index < -0.39 is 0 Å². The molecule has 0 radical (unpaired) electrons. The third-order valence-corrected chi connectivity index (χ3v) is 3.81. The lowest BCUT2D eigenvalue weighted by molar-refractivity contribution is 0.122. The summed E-state index contributed by atoms with van der Waals surface area (Å²) < 4.78 is 5.38. The van der Waals surface area contributed by atoms with Crippen LogP contribution in [0.5, 0.6) is 0 Å². The number of rotatable bonds is 4. The summed E-state index contributed by atoms with van der Waals surface area (Å²) in [5.74, 6) is 0. The Morgan fingerprint density at radius 3 is 2.50 bits per heavy atom. The molecule has 2 aromatic rings. The molecule has 0 aromatic heterocycles. The number of para-hydroxylation sites is 1. The van der Waals surface area contributed by atoms with E-state index in [-0.39, 0.29) is 0 Å². The minimum absolute atomic E-state index is 0.809. The molecule has 4 heteroatoms. The number of hydrogen-bond acceptors (Lipinski definition) is 4. The minimum Gasteiger partial charge on any atom is -0.378 e. The van der Waals surface area contributed by atoms with Crippen LogP contribution < -0.4 is 10.3 Å². The van der Waals surface area contributed by atoms with Crippen molar-refractivity contribution in [3.63, 3.8) is 0 Å². The third-order valence-electron chi connectivity index (χ3n) is 3.81. The van der Waals surface area contributed by atoms with Crippen LogP contribution in [0.25, 0.3) is 0 Å². The number of hydrazone groups is 1. The van der Waals surface area contributed by atoms with Gasteiger partial charge in [-0.1, -0.05) is 30.3 Å². The van der Waals surface area contributed by atoms with Crippen molar-refractivity contribution in [2.24, 2.45) is 5.10 Å². The van der Waals surface area contributed by atoms with E-state index in [1.54, 1.807) is 0 Å². The van der Waals surface area contributed by atoms with Crippen LogP contribution >= 0.6 is 0 Å². The van der Waals surface area contributed by atoms with Crippen LogP contribution in [-0.4, -0.2) is 32.5 Å². The van der Waals surface area contributed by atoms with Crippen molar-refractivity contribution in [2.75, 3.05) is 36.6 Å². The van der Waals surface area contributed by atoms with E-state index in [1.165, 1.54) is 11.3 Å². The summed E-state index contributed by atoms with van der Waals surface area (Å²) in [4.78, 5) is 2.34. The predicted octanol–water partition coefficient (Wildman–Crippen LogP) is 3.28. The van der Waals surface area contributed by atoms with Gasteiger partial charge in [-0.05, 0) is 36.2 Å². The summed E-state index contributed by atoms with van der Waals surface area (Å²) in [7, 11) is 0. The maximum absolute atomic E-state index is 5.38. The van der Waals surface area contributed by atoms with Gasteiger partial charge in [0.15, 0.2) is 0 Å². The first-order valence-corrected chi connectivity index (χ1v) is 7.60. The first kappa shape index (κ1) is 14.6. The predicted molar refractivity (Wildman–Crippen MR) is 91.9 cm³/mol. The fraction of sp³-hybridized carbons (Fsp3) is 0.278. The Balaban J connectivity index is 1.61. The Hall–Kier alpha value is -2.33. The van der Waals surface area contributed by atoms with E-state index in [9.17, 15) is 0 Å². The molecule has 22 heavy (non-hydrogen) atoms. The zero-order valence-electron chi connectivity index (χ0n) is 12.8. The van der Waals surface area contributed by atoms with Crippen molar-refractivity contribution in [1.82, 2.24) is 0 Å². The van der Waals surface area contributed by atoms with Crippen LogP contribution in [0.4, 0.5) is 11.4 Å². The second-order valence-corrected chi connectivity index (χ2v) is 5.38. The van der Waals surface area contributed by atoms with Gasteiger partial charge in [-0.25, -0.2) is 0 Å². The number of anilines is 2. The number of morpholine rings is 1. The van der Waals surface area contributed by atoms with E-state index in [0.29, 0.717) is 0 Å². The Bertz CT molecular complexity index is 631. The monoisotopic (exact) mass is 295 g/mol. The SMILES string of the molecule is Cc1ccccc1N/N=C\c1ccc(N2CCOCC2)cc1. The highest BCUT2D eigenvalue weighted by atomic mass is 16.5. The molecule has 1 aliphatic heterocycles. The quantitative estimate of drug-likeness (QED) is 0.695. The molecule has 1 N–H and O–H groups in total. The van der Waals surface area contributed by atoms with Crippen LogP contribution in [0.2, 0.25) is 0 Å². The van der Waals surface area contributed by atoms with Crippen molar-refractivity contribution < 1.29 is 4.74 Å². The van der Waals surface area contributed by atoms with Crippen molar-refractivity contribution in [1.29, 1.82) is 0 Å². The molecule has 1 aliphatic rings. The molecule has 1 fully saturated rings. The summed E-state index contributed by atoms with van der Waals surface area (Å²) in [6, 6.07) is 16.6. The highest BCUT2D eigenvalue weighted by Gasteiger charge is 2.10. The van der Waals surface area contributed by atoms with Crippen molar-refractivity contribution in [2.45, 2.75) is 6.92 Å². The Kier molecular flexibility index (Phi) is 4.71. The van der Waals surface area contributed by atoms with Gasteiger partial charge in [0.1, 0.15) is 0 Å². The zero-order valence-corrected chi connectivity index (χ0v) is 12.8. The normalized spacial score (nSPS) is 15.2. The lowest BCUT2D eigenvalue weighted by Gasteiger charge is -2.28. The third kappa shape index (κ3) is 3.65. The standard InChI is InChI=1S/C18H21N3O/c1-15-4-2-3-5-18(15)20-19-14-16-6-8-17(9-7-16)21-10-12-22-13-11-21/h2-9,14,20H,10-13H2,1H3/b19-14-. The average molecular weight is 295 g/mol. The molecule has 1 saturated heterocycles. The van der Waals surface area contributed by atoms with E-state index in [1.807, 2.05) is 24.4 Å². The van der Waals surface area contributed by atoms with E-state index in [4.69, 9.17) is 4.74 Å². The molecule has 0 spiro atoms. The second kappa shape index (κ2) is 7.09. The van der Waals surface area contributed by atoms with Crippen LogP contribution in [0.3, 0.4) is 0 Å². The summed E-state index contributed by atoms with van der Waals surface area (Å²) >= 11 is 0. The van der Waals surface area contributed by atoms with Gasteiger partial charge in [-0.15, -0.1) is 0 Å². The van der Waals surface area contributed by atoms with Crippen LogP contribution in [0, 0.1) is 6.92 Å². The van der Waals surface area contributed by atoms with Gasteiger partial charge in [0.25, 0.3) is 0 Å². The lowest BCUT2D eigenvalue weighted by Crippen LogP contribution is -2.36. The number of nitrogens with one attached hydrogen (secondary N) is 1. The van der Waals surface area contributed by atoms with Gasteiger partial charge < -0.3 is 9.64 Å². The molecule has 0 amide bonds. The van der Waals surface area contributed by atoms with Gasteiger partial charge in [-0.3, -0.25) is 5.43 Å². The molecule has 0 unspecified atom stereocenters. The maximum atomic E-state index is 5.38. The molecular weight excluding hydrogens is 274 g/mol. The number of aryl methyl sites for hydroxylation is 1. The smallest absolute Gasteiger partial charge is 0.0642 e. The molecule has 0 atom stereocenters. The van der Waals surface area contributed by atoms with Crippen molar-refractivity contribution in [3.8, 4) is 0 Å². The molecule has 0 aliphatic carbocycles. The van der Waals surface area contributed by atoms with Gasteiger partial charge in [-0.2, -0.15) is 5.10 Å². The van der Waals surface area contributed by atoms with E-state index >= 15 is 0 Å². The van der Waals surface area contributed by atoms with Gasteiger partial charge >= 0.3 is 0 Å². The molecule has 2 aromatic carbocycles. The highest BCUT2D eigenvalue weighted by molar-refractivity contribution is 5.81. The van der Waals surface area contributed by atoms with E-state index in [0.717, 1.165) is 37.6 Å². The first-order valence-electron chi connectivity index (χ1n) is 7.60. The number of nitrogens with zero attached hydrogens (tertiary/aromatic N) is 2. The van der Waals surface area contributed by atoms with Crippen molar-refractivity contribution >= 4 is 17.6 Å².